The molecule has 0 rings (SSSR count). The highest BCUT2D eigenvalue weighted by Gasteiger charge is 2.00. The molecule has 0 bridgehead atoms. The molecule has 49 heavy (non-hydrogen) atoms. The standard InChI is InChI=1S/C35H70O14/c1-3-5-6-7-8-10-37-11-12-38-13-14-39-15-16-40-17-18-41-19-20-42-21-22-43-23-24-44-25-26-45-27-28-46-29-30-47-31-32-48-33-34-49-35(36)9-4-2/h3-34H2,1-2H3. The highest BCUT2D eigenvalue weighted by atomic mass is 16.6. The number of hydrogen-bond acceptors (Lipinski definition) is 14. The molecule has 0 saturated heterocycles. The fourth-order valence-electron chi connectivity index (χ4n) is 3.82. The van der Waals surface area contributed by atoms with Crippen LogP contribution < -0.4 is 0 Å². The lowest BCUT2D eigenvalue weighted by molar-refractivity contribution is -0.145. The third kappa shape index (κ3) is 45.0. The Morgan fingerprint density at radius 3 is 0.796 bits per heavy atom. The number of carbonyl (C=O) groups excluding carboxylic acids is 1. The Kier molecular flexibility index (Phi) is 44.1. The first-order chi connectivity index (χ1) is 24.3. The van der Waals surface area contributed by atoms with E-state index in [0.717, 1.165) is 19.4 Å². The van der Waals surface area contributed by atoms with Gasteiger partial charge in [-0.3, -0.25) is 4.79 Å². The summed E-state index contributed by atoms with van der Waals surface area (Å²) in [6, 6.07) is 0. The molecular weight excluding hydrogens is 644 g/mol. The minimum Gasteiger partial charge on any atom is -0.463 e. The molecule has 0 unspecified atom stereocenters. The van der Waals surface area contributed by atoms with E-state index >= 15 is 0 Å². The predicted molar refractivity (Wildman–Crippen MR) is 184 cm³/mol. The topological polar surface area (TPSA) is 137 Å². The summed E-state index contributed by atoms with van der Waals surface area (Å²) < 4.78 is 70.7. The van der Waals surface area contributed by atoms with Gasteiger partial charge in [-0.2, -0.15) is 0 Å². The average molecular weight is 715 g/mol. The van der Waals surface area contributed by atoms with E-state index in [1.165, 1.54) is 25.7 Å². The summed E-state index contributed by atoms with van der Waals surface area (Å²) in [6.07, 6.45) is 7.49. The van der Waals surface area contributed by atoms with E-state index in [-0.39, 0.29) is 12.6 Å². The highest BCUT2D eigenvalue weighted by Crippen LogP contribution is 2.02. The monoisotopic (exact) mass is 714 g/mol. The maximum absolute atomic E-state index is 11.2. The molecule has 0 aliphatic heterocycles. The minimum absolute atomic E-state index is 0.188. The SMILES string of the molecule is CCCCCCCOCCOCCOCCOCCOCCOCCOCCOCCOCCOCCOCCOCCOC(=O)CCC. The van der Waals surface area contributed by atoms with E-state index in [2.05, 4.69) is 6.92 Å². The van der Waals surface area contributed by atoms with Gasteiger partial charge in [0.05, 0.1) is 152 Å². The molecule has 0 atom stereocenters. The molecular formula is C35H70O14. The Morgan fingerprint density at radius 2 is 0.531 bits per heavy atom. The highest BCUT2D eigenvalue weighted by molar-refractivity contribution is 5.69. The molecule has 0 N–H and O–H groups in total. The maximum atomic E-state index is 11.2. The zero-order valence-electron chi connectivity index (χ0n) is 30.8. The number of ether oxygens (including phenoxy) is 13. The van der Waals surface area contributed by atoms with Gasteiger partial charge in [0, 0.05) is 13.0 Å². The van der Waals surface area contributed by atoms with E-state index in [1.54, 1.807) is 0 Å². The van der Waals surface area contributed by atoms with Crippen LogP contribution in [-0.4, -0.2) is 171 Å². The quantitative estimate of drug-likeness (QED) is 0.0673. The van der Waals surface area contributed by atoms with E-state index in [1.807, 2.05) is 6.92 Å². The molecule has 0 amide bonds. The summed E-state index contributed by atoms with van der Waals surface area (Å²) in [6.45, 7) is 17.0. The van der Waals surface area contributed by atoms with E-state index in [9.17, 15) is 4.79 Å². The van der Waals surface area contributed by atoms with Gasteiger partial charge in [0.2, 0.25) is 0 Å². The van der Waals surface area contributed by atoms with Gasteiger partial charge in [0.1, 0.15) is 6.61 Å². The van der Waals surface area contributed by atoms with Crippen LogP contribution in [0.25, 0.3) is 0 Å². The van der Waals surface area contributed by atoms with Crippen molar-refractivity contribution < 1.29 is 66.4 Å². The van der Waals surface area contributed by atoms with Gasteiger partial charge in [-0.25, -0.2) is 0 Å². The molecule has 294 valence electrons. The second-order valence-electron chi connectivity index (χ2n) is 10.7. The molecule has 0 aliphatic rings. The van der Waals surface area contributed by atoms with Crippen molar-refractivity contribution in [1.82, 2.24) is 0 Å². The summed E-state index contributed by atoms with van der Waals surface area (Å²) in [7, 11) is 0. The van der Waals surface area contributed by atoms with Crippen molar-refractivity contribution >= 4 is 5.97 Å². The minimum atomic E-state index is -0.188. The zero-order valence-corrected chi connectivity index (χ0v) is 30.8. The Balaban J connectivity index is 3.06. The van der Waals surface area contributed by atoms with E-state index < -0.39 is 0 Å². The molecule has 0 aromatic heterocycles. The van der Waals surface area contributed by atoms with Crippen molar-refractivity contribution in [2.24, 2.45) is 0 Å². The first-order valence-corrected chi connectivity index (χ1v) is 18.4. The van der Waals surface area contributed by atoms with E-state index in [0.29, 0.717) is 158 Å². The third-order valence-electron chi connectivity index (χ3n) is 6.43. The first-order valence-electron chi connectivity index (χ1n) is 18.4. The van der Waals surface area contributed by atoms with Gasteiger partial charge < -0.3 is 61.6 Å². The summed E-state index contributed by atoms with van der Waals surface area (Å²) in [5.41, 5.74) is 0. The first kappa shape index (κ1) is 48.0. The predicted octanol–water partition coefficient (Wildman–Crippen LogP) is 3.50. The van der Waals surface area contributed by atoms with Crippen LogP contribution in [0.5, 0.6) is 0 Å². The van der Waals surface area contributed by atoms with Gasteiger partial charge in [0.15, 0.2) is 0 Å². The van der Waals surface area contributed by atoms with Gasteiger partial charge in [-0.15, -0.1) is 0 Å². The molecule has 0 spiro atoms. The fourth-order valence-corrected chi connectivity index (χ4v) is 3.82. The summed E-state index contributed by atoms with van der Waals surface area (Å²) >= 11 is 0. The van der Waals surface area contributed by atoms with Gasteiger partial charge in [-0.1, -0.05) is 39.5 Å². The number of rotatable bonds is 44. The second-order valence-corrected chi connectivity index (χ2v) is 10.7. The van der Waals surface area contributed by atoms with Crippen molar-refractivity contribution in [3.63, 3.8) is 0 Å². The van der Waals surface area contributed by atoms with Crippen LogP contribution in [0.3, 0.4) is 0 Å². The molecule has 0 heterocycles. The van der Waals surface area contributed by atoms with Crippen molar-refractivity contribution in [3.8, 4) is 0 Å². The van der Waals surface area contributed by atoms with Crippen molar-refractivity contribution in [2.75, 3.05) is 165 Å². The van der Waals surface area contributed by atoms with Crippen LogP contribution in [0.2, 0.25) is 0 Å². The second kappa shape index (κ2) is 45.0. The molecule has 0 saturated carbocycles. The average Bonchev–Trinajstić information content (AvgIpc) is 3.10. The molecule has 14 heteroatoms. The Labute approximate surface area is 296 Å². The number of unbranched alkanes of at least 4 members (excludes halogenated alkanes) is 4. The van der Waals surface area contributed by atoms with Crippen molar-refractivity contribution in [1.29, 1.82) is 0 Å². The Bertz CT molecular complexity index is 617. The largest absolute Gasteiger partial charge is 0.463 e. The number of esters is 1. The van der Waals surface area contributed by atoms with Crippen LogP contribution >= 0.6 is 0 Å². The maximum Gasteiger partial charge on any atom is 0.305 e. The summed E-state index contributed by atoms with van der Waals surface area (Å²) in [5, 5.41) is 0. The zero-order chi connectivity index (χ0) is 35.4. The van der Waals surface area contributed by atoms with Gasteiger partial charge in [-0.05, 0) is 12.8 Å². The number of hydrogen-bond donors (Lipinski definition) is 0. The van der Waals surface area contributed by atoms with Crippen LogP contribution in [0.4, 0.5) is 0 Å². The Hall–Kier alpha value is -1.01. The van der Waals surface area contributed by atoms with Crippen LogP contribution in [0.1, 0.15) is 58.8 Å². The normalized spacial score (nSPS) is 11.5. The summed E-state index contributed by atoms with van der Waals surface area (Å²) in [5.74, 6) is -0.188. The fraction of sp³-hybridized carbons (Fsp3) is 0.971. The Morgan fingerprint density at radius 1 is 0.286 bits per heavy atom. The lowest BCUT2D eigenvalue weighted by Crippen LogP contribution is -2.15. The van der Waals surface area contributed by atoms with Crippen LogP contribution in [0.15, 0.2) is 0 Å². The molecule has 14 nitrogen and oxygen atoms in total. The molecule has 0 aromatic rings. The molecule has 0 radical (unpaired) electrons. The molecule has 0 aromatic carbocycles. The van der Waals surface area contributed by atoms with Gasteiger partial charge >= 0.3 is 5.97 Å². The van der Waals surface area contributed by atoms with Crippen LogP contribution in [0, 0.1) is 0 Å². The van der Waals surface area contributed by atoms with Crippen molar-refractivity contribution in [2.45, 2.75) is 58.8 Å². The van der Waals surface area contributed by atoms with E-state index in [4.69, 9.17) is 61.6 Å². The lowest BCUT2D eigenvalue weighted by atomic mass is 10.2. The smallest absolute Gasteiger partial charge is 0.305 e. The molecule has 0 fully saturated rings. The van der Waals surface area contributed by atoms with Crippen molar-refractivity contribution in [3.05, 3.63) is 0 Å². The number of carbonyl (C=O) groups is 1. The molecule has 0 aliphatic carbocycles. The third-order valence-corrected chi connectivity index (χ3v) is 6.43. The lowest BCUT2D eigenvalue weighted by Gasteiger charge is -2.09. The van der Waals surface area contributed by atoms with Gasteiger partial charge in [0.25, 0.3) is 0 Å². The summed E-state index contributed by atoms with van der Waals surface area (Å²) in [4.78, 5) is 11.2. The van der Waals surface area contributed by atoms with Crippen LogP contribution in [-0.2, 0) is 66.4 Å².